The van der Waals surface area contributed by atoms with Gasteiger partial charge in [0, 0.05) is 4.91 Å². The van der Waals surface area contributed by atoms with E-state index in [4.69, 9.17) is 0 Å². The summed E-state index contributed by atoms with van der Waals surface area (Å²) in [5.74, 6) is 0. The first-order chi connectivity index (χ1) is 5.93. The second-order valence-electron chi connectivity index (χ2n) is 3.85. The molecule has 0 atom stereocenters. The number of hydrogen-bond donors (Lipinski definition) is 1. The highest BCUT2D eigenvalue weighted by Gasteiger charge is 2.16. The molecule has 0 aliphatic heterocycles. The van der Waals surface area contributed by atoms with Gasteiger partial charge in [-0.3, -0.25) is 0 Å². The van der Waals surface area contributed by atoms with Gasteiger partial charge in [-0.25, -0.2) is 0 Å². The first kappa shape index (κ1) is 12.3. The summed E-state index contributed by atoms with van der Waals surface area (Å²) in [6.07, 6.45) is 7.46. The van der Waals surface area contributed by atoms with Crippen LogP contribution in [0.4, 0.5) is 0 Å². The summed E-state index contributed by atoms with van der Waals surface area (Å²) in [5.41, 5.74) is 1.26. The molecule has 13 heavy (non-hydrogen) atoms. The van der Waals surface area contributed by atoms with E-state index in [9.17, 15) is 0 Å². The van der Waals surface area contributed by atoms with Gasteiger partial charge in [0.05, 0.1) is 0 Å². The van der Waals surface area contributed by atoms with E-state index in [-0.39, 0.29) is 5.41 Å². The Morgan fingerprint density at radius 3 is 2.08 bits per heavy atom. The lowest BCUT2D eigenvalue weighted by Crippen LogP contribution is -2.08. The minimum atomic E-state index is 0.0881. The molecular weight excluding hydrogens is 176 g/mol. The maximum absolute atomic E-state index is 4.37. The smallest absolute Gasteiger partial charge is 0.00714 e. The molecule has 0 fully saturated rings. The van der Waals surface area contributed by atoms with Crippen molar-refractivity contribution < 1.29 is 0 Å². The zero-order valence-corrected chi connectivity index (χ0v) is 9.57. The predicted octanol–water partition coefficient (Wildman–Crippen LogP) is 4.14. The van der Waals surface area contributed by atoms with Crippen LogP contribution in [-0.4, -0.2) is 0 Å². The average Bonchev–Trinajstić information content (AvgIpc) is 2.02. The van der Waals surface area contributed by atoms with Crippen molar-refractivity contribution in [3.05, 3.63) is 47.9 Å². The Kier molecular flexibility index (Phi) is 4.86. The Hall–Kier alpha value is -0.690. The maximum Gasteiger partial charge on any atom is 0.00714 e. The summed E-state index contributed by atoms with van der Waals surface area (Å²) in [6.45, 7) is 13.8. The first-order valence-corrected chi connectivity index (χ1v) is 4.73. The van der Waals surface area contributed by atoms with Gasteiger partial charge in [0.15, 0.2) is 0 Å². The molecule has 0 aromatic heterocycles. The molecule has 0 spiro atoms. The molecule has 0 saturated heterocycles. The van der Waals surface area contributed by atoms with E-state index in [0.29, 0.717) is 0 Å². The van der Waals surface area contributed by atoms with Crippen molar-refractivity contribution in [2.24, 2.45) is 5.41 Å². The average molecular weight is 194 g/mol. The van der Waals surface area contributed by atoms with E-state index in [1.807, 2.05) is 12.2 Å². The Labute approximate surface area is 87.2 Å². The van der Waals surface area contributed by atoms with Crippen molar-refractivity contribution in [1.29, 1.82) is 0 Å². The molecule has 72 valence electrons. The maximum atomic E-state index is 4.37. The molecule has 0 rings (SSSR count). The van der Waals surface area contributed by atoms with Gasteiger partial charge in [-0.15, -0.1) is 12.6 Å². The minimum absolute atomic E-state index is 0.0881. The minimum Gasteiger partial charge on any atom is -0.143 e. The van der Waals surface area contributed by atoms with E-state index in [0.717, 1.165) is 4.91 Å². The fourth-order valence-corrected chi connectivity index (χ4v) is 1.40. The lowest BCUT2D eigenvalue weighted by molar-refractivity contribution is 0.516. The van der Waals surface area contributed by atoms with Crippen molar-refractivity contribution in [3.8, 4) is 0 Å². The predicted molar refractivity (Wildman–Crippen MR) is 65.0 cm³/mol. The van der Waals surface area contributed by atoms with E-state index in [2.05, 4.69) is 46.6 Å². The third kappa shape index (κ3) is 4.18. The molecule has 0 aromatic carbocycles. The Balaban J connectivity index is 5.10. The highest BCUT2D eigenvalue weighted by atomic mass is 32.1. The Morgan fingerprint density at radius 2 is 1.77 bits per heavy atom. The Morgan fingerprint density at radius 1 is 1.23 bits per heavy atom. The summed E-state index contributed by atoms with van der Waals surface area (Å²) in [5, 5.41) is 0. The van der Waals surface area contributed by atoms with Crippen LogP contribution in [0.15, 0.2) is 47.9 Å². The molecule has 0 radical (unpaired) electrons. The summed E-state index contributed by atoms with van der Waals surface area (Å²) < 4.78 is 0. The van der Waals surface area contributed by atoms with Gasteiger partial charge in [0.2, 0.25) is 0 Å². The van der Waals surface area contributed by atoms with Crippen LogP contribution in [0.1, 0.15) is 20.8 Å². The van der Waals surface area contributed by atoms with E-state index in [1.165, 1.54) is 5.57 Å². The number of thiol groups is 1. The van der Waals surface area contributed by atoms with Gasteiger partial charge in [-0.05, 0) is 11.0 Å². The lowest BCUT2D eigenvalue weighted by Gasteiger charge is -2.21. The molecule has 0 aliphatic rings. The van der Waals surface area contributed by atoms with Gasteiger partial charge >= 0.3 is 0 Å². The van der Waals surface area contributed by atoms with Crippen LogP contribution in [0.2, 0.25) is 0 Å². The van der Waals surface area contributed by atoms with Crippen LogP contribution >= 0.6 is 12.6 Å². The molecular formula is C12H18S. The van der Waals surface area contributed by atoms with Crippen molar-refractivity contribution in [2.45, 2.75) is 20.8 Å². The number of rotatable bonds is 3. The molecule has 0 N–H and O–H groups in total. The van der Waals surface area contributed by atoms with Crippen LogP contribution < -0.4 is 0 Å². The third-order valence-corrected chi connectivity index (χ3v) is 2.10. The van der Waals surface area contributed by atoms with Crippen molar-refractivity contribution in [3.63, 3.8) is 0 Å². The van der Waals surface area contributed by atoms with Gasteiger partial charge in [-0.2, -0.15) is 0 Å². The molecule has 0 amide bonds. The highest BCUT2D eigenvalue weighted by molar-refractivity contribution is 7.84. The summed E-state index contributed by atoms with van der Waals surface area (Å²) in [7, 11) is 0. The summed E-state index contributed by atoms with van der Waals surface area (Å²) in [6, 6.07) is 0. The highest BCUT2D eigenvalue weighted by Crippen LogP contribution is 2.30. The summed E-state index contributed by atoms with van der Waals surface area (Å²) in [4.78, 5) is 0.922. The second kappa shape index (κ2) is 5.13. The molecule has 0 heterocycles. The van der Waals surface area contributed by atoms with Gasteiger partial charge in [0.1, 0.15) is 0 Å². The standard InChI is InChI=1S/C12H18S/c1-6-8-9-10(11(13)7-2)12(3,4)5/h6-9,13H,1-2H2,3-5H3/b9-8-,11-10-. The number of allylic oxidation sites excluding steroid dienone is 5. The first-order valence-electron chi connectivity index (χ1n) is 4.28. The Bertz CT molecular complexity index is 249. The molecule has 0 aromatic rings. The third-order valence-electron chi connectivity index (χ3n) is 1.68. The van der Waals surface area contributed by atoms with Gasteiger partial charge < -0.3 is 0 Å². The topological polar surface area (TPSA) is 0 Å². The fraction of sp³-hybridized carbons (Fsp3) is 0.333. The van der Waals surface area contributed by atoms with Crippen LogP contribution in [-0.2, 0) is 0 Å². The quantitative estimate of drug-likeness (QED) is 0.506. The normalized spacial score (nSPS) is 14.2. The van der Waals surface area contributed by atoms with Crippen LogP contribution in [0.3, 0.4) is 0 Å². The van der Waals surface area contributed by atoms with Crippen LogP contribution in [0, 0.1) is 5.41 Å². The van der Waals surface area contributed by atoms with Crippen molar-refractivity contribution >= 4 is 12.6 Å². The van der Waals surface area contributed by atoms with E-state index >= 15 is 0 Å². The molecule has 0 aliphatic carbocycles. The molecule has 0 nitrogen and oxygen atoms in total. The second-order valence-corrected chi connectivity index (χ2v) is 4.33. The van der Waals surface area contributed by atoms with E-state index in [1.54, 1.807) is 12.2 Å². The lowest BCUT2D eigenvalue weighted by atomic mass is 9.85. The fourth-order valence-electron chi connectivity index (χ4n) is 0.994. The van der Waals surface area contributed by atoms with Gasteiger partial charge in [0.25, 0.3) is 0 Å². The molecule has 0 saturated carbocycles. The molecule has 0 unspecified atom stereocenters. The number of hydrogen-bond acceptors (Lipinski definition) is 1. The molecule has 0 bridgehead atoms. The van der Waals surface area contributed by atoms with Crippen LogP contribution in [0.5, 0.6) is 0 Å². The van der Waals surface area contributed by atoms with Gasteiger partial charge in [-0.1, -0.05) is 58.2 Å². The largest absolute Gasteiger partial charge is 0.143 e. The molecule has 1 heteroatoms. The SMILES string of the molecule is C=C/C=C\C(=C(\S)C=C)C(C)(C)C. The zero-order chi connectivity index (χ0) is 10.5. The van der Waals surface area contributed by atoms with Crippen molar-refractivity contribution in [2.75, 3.05) is 0 Å². The zero-order valence-electron chi connectivity index (χ0n) is 8.67. The van der Waals surface area contributed by atoms with E-state index < -0.39 is 0 Å². The van der Waals surface area contributed by atoms with Crippen LogP contribution in [0.25, 0.3) is 0 Å². The monoisotopic (exact) mass is 194 g/mol. The van der Waals surface area contributed by atoms with Crippen molar-refractivity contribution in [1.82, 2.24) is 0 Å². The summed E-state index contributed by atoms with van der Waals surface area (Å²) >= 11 is 4.37.